The van der Waals surface area contributed by atoms with Crippen LogP contribution >= 0.6 is 0 Å². The molecule has 2 N–H and O–H groups in total. The highest BCUT2D eigenvalue weighted by molar-refractivity contribution is 7.91. The normalized spacial score (nSPS) is 25.9. The average molecular weight is 270 g/mol. The van der Waals surface area contributed by atoms with Gasteiger partial charge in [0.15, 0.2) is 9.84 Å². The molecule has 100 valence electrons. The van der Waals surface area contributed by atoms with Crippen LogP contribution in [0.3, 0.4) is 0 Å². The number of ether oxygens (including phenoxy) is 1. The number of hydrogen-bond acceptors (Lipinski definition) is 5. The standard InChI is InChI=1S/C12H18N2O3S/c1-13-11-7-18(15,16)8-12(11)14-9-3-5-10(17-2)6-4-9/h3-6,11-14H,7-8H2,1-2H3. The second kappa shape index (κ2) is 5.16. The molecule has 1 aromatic rings. The SMILES string of the molecule is CNC1CS(=O)(=O)CC1Nc1ccc(OC)cc1. The number of hydrogen-bond donors (Lipinski definition) is 2. The van der Waals surface area contributed by atoms with Gasteiger partial charge in [-0.2, -0.15) is 0 Å². The van der Waals surface area contributed by atoms with Crippen LogP contribution in [-0.4, -0.2) is 46.2 Å². The van der Waals surface area contributed by atoms with E-state index in [1.807, 2.05) is 24.3 Å². The topological polar surface area (TPSA) is 67.4 Å². The van der Waals surface area contributed by atoms with Gasteiger partial charge >= 0.3 is 0 Å². The van der Waals surface area contributed by atoms with Crippen molar-refractivity contribution >= 4 is 15.5 Å². The first-order valence-corrected chi connectivity index (χ1v) is 7.64. The molecule has 0 bridgehead atoms. The van der Waals surface area contributed by atoms with E-state index >= 15 is 0 Å². The zero-order chi connectivity index (χ0) is 13.2. The molecule has 0 spiro atoms. The summed E-state index contributed by atoms with van der Waals surface area (Å²) in [6.07, 6.45) is 0. The van der Waals surface area contributed by atoms with Crippen molar-refractivity contribution in [1.82, 2.24) is 5.32 Å². The number of sulfone groups is 1. The Kier molecular flexibility index (Phi) is 3.77. The van der Waals surface area contributed by atoms with Gasteiger partial charge in [0.25, 0.3) is 0 Å². The lowest BCUT2D eigenvalue weighted by molar-refractivity contribution is 0.415. The molecular formula is C12H18N2O3S. The zero-order valence-corrected chi connectivity index (χ0v) is 11.3. The number of methoxy groups -OCH3 is 1. The summed E-state index contributed by atoms with van der Waals surface area (Å²) in [5, 5.41) is 6.30. The number of rotatable bonds is 4. The van der Waals surface area contributed by atoms with E-state index < -0.39 is 9.84 Å². The third kappa shape index (κ3) is 2.94. The second-order valence-corrected chi connectivity index (χ2v) is 6.61. The molecule has 1 fully saturated rings. The first-order chi connectivity index (χ1) is 8.54. The van der Waals surface area contributed by atoms with E-state index in [1.165, 1.54) is 0 Å². The summed E-state index contributed by atoms with van der Waals surface area (Å²) in [6, 6.07) is 7.33. The lowest BCUT2D eigenvalue weighted by Crippen LogP contribution is -2.41. The van der Waals surface area contributed by atoms with E-state index in [4.69, 9.17) is 4.74 Å². The van der Waals surface area contributed by atoms with E-state index in [0.717, 1.165) is 11.4 Å². The minimum atomic E-state index is -2.94. The summed E-state index contributed by atoms with van der Waals surface area (Å²) in [7, 11) is 0.461. The van der Waals surface area contributed by atoms with Crippen LogP contribution in [0, 0.1) is 0 Å². The fourth-order valence-electron chi connectivity index (χ4n) is 2.18. The van der Waals surface area contributed by atoms with Gasteiger partial charge in [0, 0.05) is 11.7 Å². The second-order valence-electron chi connectivity index (χ2n) is 4.45. The Morgan fingerprint density at radius 1 is 1.17 bits per heavy atom. The third-order valence-corrected chi connectivity index (χ3v) is 4.90. The van der Waals surface area contributed by atoms with Crippen LogP contribution in [-0.2, 0) is 9.84 Å². The van der Waals surface area contributed by atoms with Crippen molar-refractivity contribution in [2.75, 3.05) is 31.0 Å². The molecule has 0 saturated carbocycles. The van der Waals surface area contributed by atoms with Crippen molar-refractivity contribution in [3.05, 3.63) is 24.3 Å². The molecule has 0 aliphatic carbocycles. The fourth-order valence-corrected chi connectivity index (χ4v) is 4.12. The summed E-state index contributed by atoms with van der Waals surface area (Å²) in [6.45, 7) is 0. The van der Waals surface area contributed by atoms with Crippen molar-refractivity contribution in [2.45, 2.75) is 12.1 Å². The van der Waals surface area contributed by atoms with Gasteiger partial charge in [-0.05, 0) is 31.3 Å². The smallest absolute Gasteiger partial charge is 0.153 e. The van der Waals surface area contributed by atoms with Crippen molar-refractivity contribution in [3.63, 3.8) is 0 Å². The van der Waals surface area contributed by atoms with Gasteiger partial charge in [-0.15, -0.1) is 0 Å². The first-order valence-electron chi connectivity index (χ1n) is 5.82. The largest absolute Gasteiger partial charge is 0.497 e. The van der Waals surface area contributed by atoms with E-state index in [2.05, 4.69) is 10.6 Å². The lowest BCUT2D eigenvalue weighted by atomic mass is 10.1. The predicted octanol–water partition coefficient (Wildman–Crippen LogP) is 0.492. The lowest BCUT2D eigenvalue weighted by Gasteiger charge is -2.20. The fraction of sp³-hybridized carbons (Fsp3) is 0.500. The number of nitrogens with one attached hydrogen (secondary N) is 2. The molecule has 18 heavy (non-hydrogen) atoms. The third-order valence-electron chi connectivity index (χ3n) is 3.17. The van der Waals surface area contributed by atoms with Crippen LogP contribution in [0.4, 0.5) is 5.69 Å². The number of likely N-dealkylation sites (N-methyl/N-ethyl adjacent to an activating group) is 1. The van der Waals surface area contributed by atoms with Gasteiger partial charge in [-0.25, -0.2) is 8.42 Å². The van der Waals surface area contributed by atoms with Gasteiger partial charge < -0.3 is 15.4 Å². The van der Waals surface area contributed by atoms with Crippen molar-refractivity contribution in [3.8, 4) is 5.75 Å². The molecule has 0 amide bonds. The molecule has 2 unspecified atom stereocenters. The van der Waals surface area contributed by atoms with Crippen LogP contribution in [0.25, 0.3) is 0 Å². The summed E-state index contributed by atoms with van der Waals surface area (Å²) in [5.74, 6) is 1.15. The molecule has 1 aromatic carbocycles. The maximum atomic E-state index is 11.6. The maximum Gasteiger partial charge on any atom is 0.153 e. The minimum absolute atomic E-state index is 0.0444. The Morgan fingerprint density at radius 2 is 1.78 bits per heavy atom. The highest BCUT2D eigenvalue weighted by atomic mass is 32.2. The Morgan fingerprint density at radius 3 is 2.33 bits per heavy atom. The Labute approximate surface area is 107 Å². The Hall–Kier alpha value is -1.27. The minimum Gasteiger partial charge on any atom is -0.497 e. The molecule has 2 rings (SSSR count). The highest BCUT2D eigenvalue weighted by Crippen LogP contribution is 2.20. The van der Waals surface area contributed by atoms with E-state index in [-0.39, 0.29) is 23.6 Å². The molecular weight excluding hydrogens is 252 g/mol. The van der Waals surface area contributed by atoms with Crippen LogP contribution in [0.2, 0.25) is 0 Å². The summed E-state index contributed by atoms with van der Waals surface area (Å²) in [4.78, 5) is 0. The van der Waals surface area contributed by atoms with Crippen molar-refractivity contribution in [1.29, 1.82) is 0 Å². The van der Waals surface area contributed by atoms with Crippen molar-refractivity contribution < 1.29 is 13.2 Å². The Bertz CT molecular complexity index is 499. The highest BCUT2D eigenvalue weighted by Gasteiger charge is 2.36. The molecule has 1 aliphatic rings. The molecule has 0 aromatic heterocycles. The van der Waals surface area contributed by atoms with Crippen LogP contribution < -0.4 is 15.4 Å². The summed E-state index contributed by atoms with van der Waals surface area (Å²) < 4.78 is 28.3. The average Bonchev–Trinajstić information content (AvgIpc) is 2.65. The zero-order valence-electron chi connectivity index (χ0n) is 10.5. The molecule has 1 saturated heterocycles. The molecule has 2 atom stereocenters. The van der Waals surface area contributed by atoms with Gasteiger partial charge in [-0.3, -0.25) is 0 Å². The number of anilines is 1. The van der Waals surface area contributed by atoms with E-state index in [0.29, 0.717) is 0 Å². The summed E-state index contributed by atoms with van der Waals surface area (Å²) in [5.41, 5.74) is 0.901. The van der Waals surface area contributed by atoms with Crippen molar-refractivity contribution in [2.24, 2.45) is 0 Å². The summed E-state index contributed by atoms with van der Waals surface area (Å²) >= 11 is 0. The van der Waals surface area contributed by atoms with E-state index in [1.54, 1.807) is 14.2 Å². The maximum absolute atomic E-state index is 11.6. The molecule has 5 nitrogen and oxygen atoms in total. The predicted molar refractivity (Wildman–Crippen MR) is 71.9 cm³/mol. The monoisotopic (exact) mass is 270 g/mol. The van der Waals surface area contributed by atoms with Gasteiger partial charge in [0.1, 0.15) is 5.75 Å². The molecule has 6 heteroatoms. The quantitative estimate of drug-likeness (QED) is 0.833. The number of benzene rings is 1. The van der Waals surface area contributed by atoms with Gasteiger partial charge in [-0.1, -0.05) is 0 Å². The van der Waals surface area contributed by atoms with Gasteiger partial charge in [0.05, 0.1) is 24.7 Å². The molecule has 1 aliphatic heterocycles. The van der Waals surface area contributed by atoms with E-state index in [9.17, 15) is 8.42 Å². The molecule has 1 heterocycles. The van der Waals surface area contributed by atoms with Crippen LogP contribution in [0.15, 0.2) is 24.3 Å². The van der Waals surface area contributed by atoms with Crippen LogP contribution in [0.5, 0.6) is 5.75 Å². The van der Waals surface area contributed by atoms with Gasteiger partial charge in [0.2, 0.25) is 0 Å². The first kappa shape index (κ1) is 13.2. The van der Waals surface area contributed by atoms with Crippen LogP contribution in [0.1, 0.15) is 0 Å². The molecule has 0 radical (unpaired) electrons. The Balaban J connectivity index is 2.08.